The number of piperidine rings is 1. The Morgan fingerprint density at radius 2 is 1.70 bits per heavy atom. The van der Waals surface area contributed by atoms with Crippen molar-refractivity contribution in [2.45, 2.75) is 18.4 Å². The minimum Gasteiger partial charge on any atom is -0.473 e. The zero-order chi connectivity index (χ0) is 15.1. The first kappa shape index (κ1) is 16.1. The predicted molar refractivity (Wildman–Crippen MR) is 72.6 cm³/mol. The third-order valence-corrected chi connectivity index (χ3v) is 3.19. The molecule has 1 aromatic rings. The molecule has 0 unspecified atom stereocenters. The SMILES string of the molecule is CN1CC[C@@H](O)[C@H](c2ccccc2)C1.O=C(O)C(=O)O. The fourth-order valence-corrected chi connectivity index (χ4v) is 2.13. The molecule has 0 aromatic heterocycles. The van der Waals surface area contributed by atoms with Crippen molar-refractivity contribution in [1.29, 1.82) is 0 Å². The van der Waals surface area contributed by atoms with E-state index in [2.05, 4.69) is 24.1 Å². The predicted octanol–water partition coefficient (Wildman–Crippen LogP) is 0.622. The number of hydrogen-bond acceptors (Lipinski definition) is 4. The van der Waals surface area contributed by atoms with Crippen LogP contribution in [0.2, 0.25) is 0 Å². The van der Waals surface area contributed by atoms with Crippen molar-refractivity contribution >= 4 is 11.9 Å². The molecule has 0 spiro atoms. The maximum atomic E-state index is 9.91. The zero-order valence-electron chi connectivity index (χ0n) is 11.3. The number of aliphatic hydroxyl groups excluding tert-OH is 1. The van der Waals surface area contributed by atoms with Crippen LogP contribution < -0.4 is 0 Å². The first-order valence-corrected chi connectivity index (χ1v) is 6.29. The van der Waals surface area contributed by atoms with Crippen LogP contribution in [0, 0.1) is 0 Å². The summed E-state index contributed by atoms with van der Waals surface area (Å²) in [6.07, 6.45) is 0.712. The zero-order valence-corrected chi connectivity index (χ0v) is 11.3. The van der Waals surface area contributed by atoms with E-state index in [1.165, 1.54) is 5.56 Å². The summed E-state index contributed by atoms with van der Waals surface area (Å²) in [7, 11) is 2.11. The average Bonchev–Trinajstić information content (AvgIpc) is 2.43. The molecule has 2 rings (SSSR count). The largest absolute Gasteiger partial charge is 0.473 e. The number of carboxylic acids is 2. The van der Waals surface area contributed by atoms with E-state index in [-0.39, 0.29) is 12.0 Å². The van der Waals surface area contributed by atoms with E-state index >= 15 is 0 Å². The van der Waals surface area contributed by atoms with Crippen LogP contribution >= 0.6 is 0 Å². The topological polar surface area (TPSA) is 98.1 Å². The number of hydrogen-bond donors (Lipinski definition) is 3. The number of aliphatic hydroxyl groups is 1. The van der Waals surface area contributed by atoms with Gasteiger partial charge < -0.3 is 20.2 Å². The Morgan fingerprint density at radius 3 is 2.20 bits per heavy atom. The monoisotopic (exact) mass is 281 g/mol. The number of rotatable bonds is 1. The molecular formula is C14H19NO5. The standard InChI is InChI=1S/C12H17NO.C2H2O4/c1-13-8-7-12(14)11(9-13)10-5-3-2-4-6-10;3-1(4)2(5)6/h2-6,11-12,14H,7-9H2,1H3;(H,3,4)(H,5,6)/t11-,12+;/m0./s1. The van der Waals surface area contributed by atoms with Gasteiger partial charge in [-0.15, -0.1) is 0 Å². The second-order valence-electron chi connectivity index (χ2n) is 4.75. The van der Waals surface area contributed by atoms with Crippen molar-refractivity contribution < 1.29 is 24.9 Å². The molecule has 1 fully saturated rings. The van der Waals surface area contributed by atoms with Crippen molar-refractivity contribution in [3.63, 3.8) is 0 Å². The lowest BCUT2D eigenvalue weighted by atomic mass is 9.88. The minimum absolute atomic E-state index is 0.173. The van der Waals surface area contributed by atoms with Gasteiger partial charge in [0.05, 0.1) is 6.10 Å². The van der Waals surface area contributed by atoms with Crippen molar-refractivity contribution in [3.8, 4) is 0 Å². The highest BCUT2D eigenvalue weighted by Crippen LogP contribution is 2.26. The van der Waals surface area contributed by atoms with Gasteiger partial charge in [0.15, 0.2) is 0 Å². The van der Waals surface area contributed by atoms with Crippen LogP contribution in [0.3, 0.4) is 0 Å². The average molecular weight is 281 g/mol. The molecule has 0 bridgehead atoms. The van der Waals surface area contributed by atoms with Gasteiger partial charge in [-0.2, -0.15) is 0 Å². The van der Waals surface area contributed by atoms with Gasteiger partial charge in [0.25, 0.3) is 0 Å². The van der Waals surface area contributed by atoms with Gasteiger partial charge in [-0.25, -0.2) is 9.59 Å². The Bertz CT molecular complexity index is 436. The van der Waals surface area contributed by atoms with Gasteiger partial charge in [0.1, 0.15) is 0 Å². The summed E-state index contributed by atoms with van der Waals surface area (Å²) in [4.78, 5) is 20.5. The molecule has 0 aliphatic carbocycles. The first-order valence-electron chi connectivity index (χ1n) is 6.29. The highest BCUT2D eigenvalue weighted by molar-refractivity contribution is 6.27. The lowest BCUT2D eigenvalue weighted by Gasteiger charge is -2.34. The number of benzene rings is 1. The highest BCUT2D eigenvalue weighted by atomic mass is 16.4. The van der Waals surface area contributed by atoms with E-state index in [1.807, 2.05) is 18.2 Å². The summed E-state index contributed by atoms with van der Waals surface area (Å²) < 4.78 is 0. The van der Waals surface area contributed by atoms with Crippen LogP contribution in [0.1, 0.15) is 17.9 Å². The number of likely N-dealkylation sites (tertiary alicyclic amines) is 1. The Kier molecular flexibility index (Phi) is 6.14. The minimum atomic E-state index is -1.82. The molecule has 2 atom stereocenters. The van der Waals surface area contributed by atoms with E-state index in [0.29, 0.717) is 0 Å². The third-order valence-electron chi connectivity index (χ3n) is 3.19. The molecule has 1 saturated heterocycles. The molecular weight excluding hydrogens is 262 g/mol. The molecule has 6 nitrogen and oxygen atoms in total. The number of carbonyl (C=O) groups is 2. The summed E-state index contributed by atoms with van der Waals surface area (Å²) >= 11 is 0. The highest BCUT2D eigenvalue weighted by Gasteiger charge is 2.26. The van der Waals surface area contributed by atoms with E-state index < -0.39 is 11.9 Å². The summed E-state index contributed by atoms with van der Waals surface area (Å²) in [5.74, 6) is -3.36. The summed E-state index contributed by atoms with van der Waals surface area (Å²) in [5.41, 5.74) is 1.26. The van der Waals surface area contributed by atoms with Gasteiger partial charge in [-0.05, 0) is 19.0 Å². The maximum Gasteiger partial charge on any atom is 0.414 e. The Labute approximate surface area is 117 Å². The fourth-order valence-electron chi connectivity index (χ4n) is 2.13. The molecule has 0 saturated carbocycles. The quantitative estimate of drug-likeness (QED) is 0.653. The fraction of sp³-hybridized carbons (Fsp3) is 0.429. The second-order valence-corrected chi connectivity index (χ2v) is 4.75. The van der Waals surface area contributed by atoms with Crippen LogP contribution in [0.25, 0.3) is 0 Å². The van der Waals surface area contributed by atoms with Gasteiger partial charge in [-0.1, -0.05) is 30.3 Å². The number of nitrogens with zero attached hydrogens (tertiary/aromatic N) is 1. The number of carboxylic acid groups (broad SMARTS) is 2. The van der Waals surface area contributed by atoms with Crippen LogP contribution in [0.4, 0.5) is 0 Å². The van der Waals surface area contributed by atoms with E-state index in [9.17, 15) is 5.11 Å². The van der Waals surface area contributed by atoms with Crippen molar-refractivity contribution in [1.82, 2.24) is 4.90 Å². The first-order chi connectivity index (χ1) is 9.41. The summed E-state index contributed by atoms with van der Waals surface area (Å²) in [6.45, 7) is 1.97. The van der Waals surface area contributed by atoms with E-state index in [0.717, 1.165) is 19.5 Å². The molecule has 1 aliphatic rings. The van der Waals surface area contributed by atoms with Gasteiger partial charge >= 0.3 is 11.9 Å². The molecule has 1 heterocycles. The van der Waals surface area contributed by atoms with E-state index in [4.69, 9.17) is 19.8 Å². The smallest absolute Gasteiger partial charge is 0.414 e. The molecule has 3 N–H and O–H groups in total. The van der Waals surface area contributed by atoms with Gasteiger partial charge in [0, 0.05) is 19.0 Å². The molecule has 20 heavy (non-hydrogen) atoms. The Morgan fingerprint density at radius 1 is 1.15 bits per heavy atom. The molecule has 1 aromatic carbocycles. The van der Waals surface area contributed by atoms with Crippen molar-refractivity contribution in [3.05, 3.63) is 35.9 Å². The molecule has 0 radical (unpaired) electrons. The number of likely N-dealkylation sites (N-methyl/N-ethyl adjacent to an activating group) is 1. The third kappa shape index (κ3) is 4.99. The number of aliphatic carboxylic acids is 2. The van der Waals surface area contributed by atoms with Crippen LogP contribution in [0.5, 0.6) is 0 Å². The van der Waals surface area contributed by atoms with Crippen molar-refractivity contribution in [2.75, 3.05) is 20.1 Å². The Hall–Kier alpha value is -1.92. The van der Waals surface area contributed by atoms with Crippen LogP contribution in [-0.4, -0.2) is 58.4 Å². The van der Waals surface area contributed by atoms with Gasteiger partial charge in [0.2, 0.25) is 0 Å². The lowest BCUT2D eigenvalue weighted by molar-refractivity contribution is -0.159. The van der Waals surface area contributed by atoms with Crippen LogP contribution in [-0.2, 0) is 9.59 Å². The molecule has 6 heteroatoms. The van der Waals surface area contributed by atoms with Crippen molar-refractivity contribution in [2.24, 2.45) is 0 Å². The second kappa shape index (κ2) is 7.62. The van der Waals surface area contributed by atoms with Gasteiger partial charge in [-0.3, -0.25) is 0 Å². The molecule has 110 valence electrons. The summed E-state index contributed by atoms with van der Waals surface area (Å²) in [6, 6.07) is 10.3. The normalized spacial score (nSPS) is 22.5. The Balaban J connectivity index is 0.000000286. The van der Waals surface area contributed by atoms with E-state index in [1.54, 1.807) is 0 Å². The molecule has 1 aliphatic heterocycles. The van der Waals surface area contributed by atoms with Crippen LogP contribution in [0.15, 0.2) is 30.3 Å². The maximum absolute atomic E-state index is 9.91. The summed E-state index contributed by atoms with van der Waals surface area (Å²) in [5, 5.41) is 24.7. The lowest BCUT2D eigenvalue weighted by Crippen LogP contribution is -2.39. The molecule has 0 amide bonds.